The Bertz CT molecular complexity index is 650. The number of sulfonamides is 1. The Labute approximate surface area is 135 Å². The highest BCUT2D eigenvalue weighted by molar-refractivity contribution is 7.89. The third kappa shape index (κ3) is 3.89. The van der Waals surface area contributed by atoms with E-state index in [4.69, 9.17) is 5.11 Å². The van der Waals surface area contributed by atoms with Crippen molar-refractivity contribution >= 4 is 28.4 Å². The second-order valence-corrected chi connectivity index (χ2v) is 6.98. The van der Waals surface area contributed by atoms with E-state index in [0.29, 0.717) is 19.6 Å². The predicted molar refractivity (Wildman–Crippen MR) is 83.2 cm³/mol. The van der Waals surface area contributed by atoms with Crippen LogP contribution in [0.2, 0.25) is 0 Å². The van der Waals surface area contributed by atoms with Gasteiger partial charge in [-0.25, -0.2) is 13.2 Å². The van der Waals surface area contributed by atoms with Gasteiger partial charge in [0.25, 0.3) is 0 Å². The van der Waals surface area contributed by atoms with Crippen LogP contribution in [-0.4, -0.2) is 67.0 Å². The van der Waals surface area contributed by atoms with Crippen molar-refractivity contribution in [2.24, 2.45) is 0 Å². The first-order chi connectivity index (χ1) is 9.82. The minimum Gasteiger partial charge on any atom is -0.507 e. The number of carboxylic acids is 1. The number of carbonyl (C=O) groups is 1. The third-order valence-electron chi connectivity index (χ3n) is 3.51. The van der Waals surface area contributed by atoms with E-state index in [2.05, 4.69) is 4.90 Å². The van der Waals surface area contributed by atoms with Crippen LogP contribution in [0, 0.1) is 0 Å². The van der Waals surface area contributed by atoms with Gasteiger partial charge in [0.05, 0.1) is 4.90 Å². The first-order valence-electron chi connectivity index (χ1n) is 6.57. The van der Waals surface area contributed by atoms with E-state index < -0.39 is 27.3 Å². The molecule has 0 atom stereocenters. The fraction of sp³-hybridized carbons (Fsp3) is 0.462. The summed E-state index contributed by atoms with van der Waals surface area (Å²) in [5.74, 6) is -1.81. The molecule has 7 nitrogen and oxygen atoms in total. The molecule has 1 fully saturated rings. The quantitative estimate of drug-likeness (QED) is 0.838. The highest BCUT2D eigenvalue weighted by Crippen LogP contribution is 2.24. The molecule has 0 radical (unpaired) electrons. The molecule has 1 aliphatic heterocycles. The lowest BCUT2D eigenvalue weighted by molar-refractivity contribution is 0.0693. The zero-order chi connectivity index (χ0) is 15.6. The molecule has 1 saturated heterocycles. The van der Waals surface area contributed by atoms with Gasteiger partial charge in [-0.3, -0.25) is 0 Å². The zero-order valence-electron chi connectivity index (χ0n) is 12.1. The number of carboxylic acid groups (broad SMARTS) is 1. The molecule has 0 spiro atoms. The topological polar surface area (TPSA) is 98.2 Å². The average molecular weight is 351 g/mol. The van der Waals surface area contributed by atoms with Gasteiger partial charge in [-0.05, 0) is 38.2 Å². The van der Waals surface area contributed by atoms with Gasteiger partial charge in [0.15, 0.2) is 0 Å². The zero-order valence-corrected chi connectivity index (χ0v) is 13.7. The molecular formula is C13H19ClN2O5S. The van der Waals surface area contributed by atoms with E-state index in [1.54, 1.807) is 0 Å². The molecule has 0 amide bonds. The van der Waals surface area contributed by atoms with Crippen molar-refractivity contribution in [3.63, 3.8) is 0 Å². The molecule has 2 rings (SSSR count). The lowest BCUT2D eigenvalue weighted by Gasteiger charge is -2.20. The van der Waals surface area contributed by atoms with Crippen LogP contribution in [0.25, 0.3) is 0 Å². The van der Waals surface area contributed by atoms with Gasteiger partial charge in [0, 0.05) is 19.6 Å². The molecular weight excluding hydrogens is 332 g/mol. The molecule has 1 aromatic rings. The minimum absolute atomic E-state index is 0. The summed E-state index contributed by atoms with van der Waals surface area (Å²) in [5.41, 5.74) is -0.414. The molecule has 0 aliphatic carbocycles. The molecule has 1 heterocycles. The number of rotatable bonds is 3. The van der Waals surface area contributed by atoms with E-state index in [0.717, 1.165) is 25.1 Å². The number of hydrogen-bond donors (Lipinski definition) is 2. The van der Waals surface area contributed by atoms with Gasteiger partial charge >= 0.3 is 5.97 Å². The number of phenols is 1. The largest absolute Gasteiger partial charge is 0.507 e. The number of halogens is 1. The SMILES string of the molecule is CN1CCCN(S(=O)(=O)c2ccc(O)c(C(=O)O)c2)CC1.Cl. The second-order valence-electron chi connectivity index (χ2n) is 5.05. The molecule has 2 N–H and O–H groups in total. The fourth-order valence-electron chi connectivity index (χ4n) is 2.26. The molecule has 0 saturated carbocycles. The van der Waals surface area contributed by atoms with E-state index in [9.17, 15) is 18.3 Å². The van der Waals surface area contributed by atoms with E-state index in [1.165, 1.54) is 10.4 Å². The highest BCUT2D eigenvalue weighted by Gasteiger charge is 2.27. The molecule has 0 aromatic heterocycles. The van der Waals surface area contributed by atoms with Gasteiger partial charge in [-0.1, -0.05) is 0 Å². The lowest BCUT2D eigenvalue weighted by Crippen LogP contribution is -2.34. The van der Waals surface area contributed by atoms with Crippen molar-refractivity contribution in [3.8, 4) is 5.75 Å². The van der Waals surface area contributed by atoms with Crippen molar-refractivity contribution in [2.45, 2.75) is 11.3 Å². The maximum absolute atomic E-state index is 12.6. The van der Waals surface area contributed by atoms with Gasteiger partial charge in [-0.15, -0.1) is 12.4 Å². The van der Waals surface area contributed by atoms with Crippen molar-refractivity contribution < 1.29 is 23.4 Å². The van der Waals surface area contributed by atoms with E-state index in [1.807, 2.05) is 7.05 Å². The normalized spacial score (nSPS) is 17.5. The molecule has 0 bridgehead atoms. The summed E-state index contributed by atoms with van der Waals surface area (Å²) in [6.07, 6.45) is 0.722. The fourth-order valence-corrected chi connectivity index (χ4v) is 3.76. The van der Waals surface area contributed by atoms with Gasteiger partial charge < -0.3 is 15.1 Å². The summed E-state index contributed by atoms with van der Waals surface area (Å²) >= 11 is 0. The van der Waals surface area contributed by atoms with Crippen molar-refractivity contribution in [2.75, 3.05) is 33.2 Å². The molecule has 1 aromatic carbocycles. The maximum atomic E-state index is 12.6. The first kappa shape index (κ1) is 18.7. The van der Waals surface area contributed by atoms with Crippen LogP contribution in [0.4, 0.5) is 0 Å². The van der Waals surface area contributed by atoms with Crippen molar-refractivity contribution in [1.82, 2.24) is 9.21 Å². The van der Waals surface area contributed by atoms with Gasteiger partial charge in [-0.2, -0.15) is 4.31 Å². The first-order valence-corrected chi connectivity index (χ1v) is 8.01. The van der Waals surface area contributed by atoms with Crippen LogP contribution >= 0.6 is 12.4 Å². The van der Waals surface area contributed by atoms with Gasteiger partial charge in [0.2, 0.25) is 10.0 Å². The Morgan fingerprint density at radius 2 is 1.86 bits per heavy atom. The number of nitrogens with zero attached hydrogens (tertiary/aromatic N) is 2. The summed E-state index contributed by atoms with van der Waals surface area (Å²) in [4.78, 5) is 12.9. The predicted octanol–water partition coefficient (Wildman–Crippen LogP) is 0.838. The molecule has 124 valence electrons. The van der Waals surface area contributed by atoms with Crippen LogP contribution in [-0.2, 0) is 10.0 Å². The maximum Gasteiger partial charge on any atom is 0.339 e. The molecule has 0 unspecified atom stereocenters. The van der Waals surface area contributed by atoms with Crippen LogP contribution in [0.15, 0.2) is 23.1 Å². The van der Waals surface area contributed by atoms with Crippen LogP contribution < -0.4 is 0 Å². The minimum atomic E-state index is -3.75. The summed E-state index contributed by atoms with van der Waals surface area (Å²) in [6, 6.07) is 3.33. The van der Waals surface area contributed by atoms with Gasteiger partial charge in [0.1, 0.15) is 11.3 Å². The standard InChI is InChI=1S/C13H18N2O5S.ClH/c1-14-5-2-6-15(8-7-14)21(19,20)10-3-4-12(16)11(9-10)13(17)18;/h3-4,9,16H,2,5-8H2,1H3,(H,17,18);1H. The molecule has 22 heavy (non-hydrogen) atoms. The van der Waals surface area contributed by atoms with Crippen molar-refractivity contribution in [3.05, 3.63) is 23.8 Å². The van der Waals surface area contributed by atoms with E-state index >= 15 is 0 Å². The summed E-state index contributed by atoms with van der Waals surface area (Å²) in [7, 11) is -1.82. The monoisotopic (exact) mass is 350 g/mol. The highest BCUT2D eigenvalue weighted by atomic mass is 35.5. The molecule has 1 aliphatic rings. The summed E-state index contributed by atoms with van der Waals surface area (Å²) in [6.45, 7) is 2.21. The number of benzene rings is 1. The Balaban J connectivity index is 0.00000242. The number of likely N-dealkylation sites (N-methyl/N-ethyl adjacent to an activating group) is 1. The Hall–Kier alpha value is -1.35. The Morgan fingerprint density at radius 3 is 2.50 bits per heavy atom. The second kappa shape index (κ2) is 7.28. The number of aromatic hydroxyl groups is 1. The van der Waals surface area contributed by atoms with Crippen molar-refractivity contribution in [1.29, 1.82) is 0 Å². The number of aromatic carboxylic acids is 1. The van der Waals surface area contributed by atoms with Crippen LogP contribution in [0.1, 0.15) is 16.8 Å². The average Bonchev–Trinajstić information content (AvgIpc) is 2.63. The van der Waals surface area contributed by atoms with E-state index in [-0.39, 0.29) is 17.3 Å². The molecule has 9 heteroatoms. The Kier molecular flexibility index (Phi) is 6.18. The Morgan fingerprint density at radius 1 is 1.18 bits per heavy atom. The van der Waals surface area contributed by atoms with Crippen LogP contribution in [0.3, 0.4) is 0 Å². The third-order valence-corrected chi connectivity index (χ3v) is 5.41. The summed E-state index contributed by atoms with van der Waals surface area (Å²) in [5, 5.41) is 18.4. The lowest BCUT2D eigenvalue weighted by atomic mass is 10.2. The van der Waals surface area contributed by atoms with Crippen LogP contribution in [0.5, 0.6) is 5.75 Å². The smallest absolute Gasteiger partial charge is 0.339 e. The summed E-state index contributed by atoms with van der Waals surface area (Å²) < 4.78 is 26.5. The number of hydrogen-bond acceptors (Lipinski definition) is 5.